The van der Waals surface area contributed by atoms with E-state index in [1.165, 1.54) is 0 Å². The van der Waals surface area contributed by atoms with Crippen LogP contribution in [0.1, 0.15) is 19.4 Å². The maximum absolute atomic E-state index is 11.9. The standard InChI is InChI=1S/C11H10ClN3O/c1-6(2)15-9-5-7(12)3-4-8(9)10(14-13)11(15)16/h3-6H,1-2H3. The summed E-state index contributed by atoms with van der Waals surface area (Å²) in [7, 11) is 0. The van der Waals surface area contributed by atoms with E-state index in [0.717, 1.165) is 0 Å². The summed E-state index contributed by atoms with van der Waals surface area (Å²) in [5.74, 6) is -0.297. The minimum Gasteiger partial charge on any atom is -0.361 e. The molecular weight excluding hydrogens is 226 g/mol. The molecule has 4 nitrogen and oxygen atoms in total. The molecule has 1 aromatic rings. The number of hydrogen-bond donors (Lipinski definition) is 0. The third kappa shape index (κ3) is 1.43. The molecule has 0 saturated heterocycles. The van der Waals surface area contributed by atoms with Crippen LogP contribution in [0.15, 0.2) is 18.2 Å². The van der Waals surface area contributed by atoms with Crippen molar-refractivity contribution in [2.45, 2.75) is 19.9 Å². The lowest BCUT2D eigenvalue weighted by Gasteiger charge is -2.20. The van der Waals surface area contributed by atoms with Crippen molar-refractivity contribution >= 4 is 28.9 Å². The average Bonchev–Trinajstić information content (AvgIpc) is 2.48. The second-order valence-corrected chi connectivity index (χ2v) is 4.32. The Morgan fingerprint density at radius 3 is 2.69 bits per heavy atom. The van der Waals surface area contributed by atoms with E-state index in [-0.39, 0.29) is 17.7 Å². The quantitative estimate of drug-likeness (QED) is 0.543. The van der Waals surface area contributed by atoms with Gasteiger partial charge in [0.1, 0.15) is 0 Å². The van der Waals surface area contributed by atoms with E-state index in [4.69, 9.17) is 17.1 Å². The van der Waals surface area contributed by atoms with Gasteiger partial charge < -0.3 is 5.53 Å². The SMILES string of the molecule is CC(C)N1C(=O)C(=[N+]=[N-])c2ccc(Cl)cc21. The van der Waals surface area contributed by atoms with E-state index >= 15 is 0 Å². The first-order chi connectivity index (χ1) is 7.56. The highest BCUT2D eigenvalue weighted by Crippen LogP contribution is 2.32. The summed E-state index contributed by atoms with van der Waals surface area (Å²) in [4.78, 5) is 16.6. The summed E-state index contributed by atoms with van der Waals surface area (Å²) in [6.07, 6.45) is 0. The average molecular weight is 236 g/mol. The molecule has 0 bridgehead atoms. The molecule has 1 aromatic carbocycles. The number of amides is 1. The lowest BCUT2D eigenvalue weighted by Crippen LogP contribution is -2.36. The summed E-state index contributed by atoms with van der Waals surface area (Å²) in [6.45, 7) is 3.78. The Kier molecular flexibility index (Phi) is 2.54. The molecule has 2 rings (SSSR count). The molecular formula is C11H10ClN3O. The normalized spacial score (nSPS) is 14.4. The van der Waals surface area contributed by atoms with Crippen LogP contribution in [0.2, 0.25) is 5.02 Å². The van der Waals surface area contributed by atoms with E-state index in [1.807, 2.05) is 13.8 Å². The van der Waals surface area contributed by atoms with Crippen molar-refractivity contribution in [3.63, 3.8) is 0 Å². The van der Waals surface area contributed by atoms with Crippen molar-refractivity contribution in [3.05, 3.63) is 34.3 Å². The molecule has 0 atom stereocenters. The number of benzene rings is 1. The van der Waals surface area contributed by atoms with Crippen LogP contribution in [0.5, 0.6) is 0 Å². The third-order valence-electron chi connectivity index (χ3n) is 2.51. The zero-order valence-corrected chi connectivity index (χ0v) is 9.69. The highest BCUT2D eigenvalue weighted by atomic mass is 35.5. The number of anilines is 1. The Labute approximate surface area is 98.1 Å². The number of carbonyl (C=O) groups is 1. The monoisotopic (exact) mass is 235 g/mol. The Morgan fingerprint density at radius 2 is 2.12 bits per heavy atom. The molecule has 0 aliphatic carbocycles. The van der Waals surface area contributed by atoms with Crippen molar-refractivity contribution in [3.8, 4) is 0 Å². The van der Waals surface area contributed by atoms with Gasteiger partial charge in [0.05, 0.1) is 11.3 Å². The number of nitrogens with zero attached hydrogens (tertiary/aromatic N) is 3. The van der Waals surface area contributed by atoms with Crippen molar-refractivity contribution in [2.24, 2.45) is 0 Å². The number of carbonyl (C=O) groups excluding carboxylic acids is 1. The van der Waals surface area contributed by atoms with Crippen LogP contribution in [0.25, 0.3) is 5.53 Å². The zero-order chi connectivity index (χ0) is 11.9. The van der Waals surface area contributed by atoms with E-state index in [1.54, 1.807) is 23.1 Å². The molecule has 0 unspecified atom stereocenters. The molecule has 16 heavy (non-hydrogen) atoms. The van der Waals surface area contributed by atoms with Gasteiger partial charge in [0.25, 0.3) is 0 Å². The van der Waals surface area contributed by atoms with Crippen LogP contribution < -0.4 is 4.90 Å². The van der Waals surface area contributed by atoms with E-state index in [0.29, 0.717) is 16.3 Å². The highest BCUT2D eigenvalue weighted by Gasteiger charge is 2.41. The summed E-state index contributed by atoms with van der Waals surface area (Å²) in [5, 5.41) is 0.552. The first kappa shape index (κ1) is 10.9. The maximum atomic E-state index is 11.9. The van der Waals surface area contributed by atoms with Gasteiger partial charge in [-0.1, -0.05) is 11.6 Å². The summed E-state index contributed by atoms with van der Waals surface area (Å²) in [6, 6.07) is 5.05. The smallest absolute Gasteiger partial charge is 0.361 e. The lowest BCUT2D eigenvalue weighted by molar-refractivity contribution is -0.116. The van der Waals surface area contributed by atoms with E-state index in [2.05, 4.69) is 4.79 Å². The Balaban J connectivity index is 2.69. The van der Waals surface area contributed by atoms with Crippen molar-refractivity contribution in [1.82, 2.24) is 0 Å². The van der Waals surface area contributed by atoms with Gasteiger partial charge in [-0.15, -0.1) is 0 Å². The van der Waals surface area contributed by atoms with Gasteiger partial charge in [-0.3, -0.25) is 9.69 Å². The van der Waals surface area contributed by atoms with Crippen molar-refractivity contribution in [2.75, 3.05) is 4.90 Å². The van der Waals surface area contributed by atoms with E-state index in [9.17, 15) is 4.79 Å². The van der Waals surface area contributed by atoms with Crippen LogP contribution in [-0.2, 0) is 4.79 Å². The molecule has 0 aromatic heterocycles. The molecule has 1 aliphatic heterocycles. The van der Waals surface area contributed by atoms with Gasteiger partial charge in [-0.2, -0.15) is 4.79 Å². The van der Waals surface area contributed by atoms with Crippen LogP contribution in [0, 0.1) is 0 Å². The Hall–Kier alpha value is -1.64. The lowest BCUT2D eigenvalue weighted by atomic mass is 10.1. The molecule has 0 fully saturated rings. The van der Waals surface area contributed by atoms with Crippen molar-refractivity contribution in [1.29, 1.82) is 0 Å². The van der Waals surface area contributed by atoms with Crippen molar-refractivity contribution < 1.29 is 9.58 Å². The van der Waals surface area contributed by atoms with Crippen LogP contribution >= 0.6 is 11.6 Å². The third-order valence-corrected chi connectivity index (χ3v) is 2.75. The molecule has 1 heterocycles. The summed E-state index contributed by atoms with van der Waals surface area (Å²) >= 11 is 5.89. The minimum atomic E-state index is -0.297. The molecule has 82 valence electrons. The molecule has 1 aliphatic rings. The van der Waals surface area contributed by atoms with Gasteiger partial charge >= 0.3 is 11.6 Å². The number of hydrogen-bond acceptors (Lipinski definition) is 1. The van der Waals surface area contributed by atoms with Crippen LogP contribution in [0.3, 0.4) is 0 Å². The predicted molar refractivity (Wildman–Crippen MR) is 61.8 cm³/mol. The molecule has 0 radical (unpaired) electrons. The van der Waals surface area contributed by atoms with Crippen LogP contribution in [-0.4, -0.2) is 22.5 Å². The largest absolute Gasteiger partial charge is 0.389 e. The fourth-order valence-electron chi connectivity index (χ4n) is 1.85. The van der Waals surface area contributed by atoms with Gasteiger partial charge in [-0.25, -0.2) is 0 Å². The second kappa shape index (κ2) is 3.74. The fourth-order valence-corrected chi connectivity index (χ4v) is 2.02. The van der Waals surface area contributed by atoms with Gasteiger partial charge in [0, 0.05) is 11.1 Å². The van der Waals surface area contributed by atoms with Gasteiger partial charge in [0.2, 0.25) is 0 Å². The number of fused-ring (bicyclic) bond motifs is 1. The van der Waals surface area contributed by atoms with Gasteiger partial charge in [-0.05, 0) is 32.0 Å². The topological polar surface area (TPSA) is 56.7 Å². The fraction of sp³-hybridized carbons (Fsp3) is 0.273. The minimum absolute atomic E-state index is 0.0102. The Morgan fingerprint density at radius 1 is 1.44 bits per heavy atom. The maximum Gasteiger partial charge on any atom is 0.389 e. The number of rotatable bonds is 1. The summed E-state index contributed by atoms with van der Waals surface area (Å²) in [5.41, 5.74) is 10.2. The van der Waals surface area contributed by atoms with Gasteiger partial charge in [0.15, 0.2) is 0 Å². The second-order valence-electron chi connectivity index (χ2n) is 3.88. The van der Waals surface area contributed by atoms with E-state index < -0.39 is 0 Å². The molecule has 5 heteroatoms. The number of halogens is 1. The first-order valence-electron chi connectivity index (χ1n) is 4.91. The molecule has 0 spiro atoms. The zero-order valence-electron chi connectivity index (χ0n) is 8.94. The van der Waals surface area contributed by atoms with Crippen LogP contribution in [0.4, 0.5) is 5.69 Å². The predicted octanol–water partition coefficient (Wildman–Crippen LogP) is 2.11. The molecule has 0 saturated carbocycles. The highest BCUT2D eigenvalue weighted by molar-refractivity contribution is 6.52. The molecule has 0 N–H and O–H groups in total. The molecule has 1 amide bonds. The summed E-state index contributed by atoms with van der Waals surface area (Å²) < 4.78 is 0. The Bertz CT molecular complexity index is 518. The first-order valence-corrected chi connectivity index (χ1v) is 5.29.